The molecule has 0 radical (unpaired) electrons. The van der Waals surface area contributed by atoms with Crippen molar-refractivity contribution in [1.82, 2.24) is 0 Å². The minimum absolute atomic E-state index is 0.107. The summed E-state index contributed by atoms with van der Waals surface area (Å²) in [5.41, 5.74) is 2.97. The van der Waals surface area contributed by atoms with Crippen molar-refractivity contribution in [3.8, 4) is 5.75 Å². The van der Waals surface area contributed by atoms with Crippen LogP contribution in [-0.2, 0) is 6.42 Å². The fourth-order valence-electron chi connectivity index (χ4n) is 6.11. The molecule has 0 amide bonds. The summed E-state index contributed by atoms with van der Waals surface area (Å²) in [6, 6.07) is 5.98. The lowest BCUT2D eigenvalue weighted by molar-refractivity contribution is -0.0329. The number of phenols is 1. The van der Waals surface area contributed by atoms with Gasteiger partial charge in [0.2, 0.25) is 0 Å². The maximum absolute atomic E-state index is 10.8. The Balaban J connectivity index is 1.69. The second-order valence-corrected chi connectivity index (χ2v) is 8.19. The molecule has 2 saturated carbocycles. The maximum atomic E-state index is 10.8. The Labute approximate surface area is 133 Å². The van der Waals surface area contributed by atoms with Gasteiger partial charge in [-0.15, -0.1) is 0 Å². The average molecular weight is 300 g/mol. The molecule has 3 aliphatic carbocycles. The Bertz CT molecular complexity index is 581. The van der Waals surface area contributed by atoms with Crippen LogP contribution < -0.4 is 0 Å². The highest BCUT2D eigenvalue weighted by atomic mass is 16.3. The third-order valence-electron chi connectivity index (χ3n) is 7.35. The number of rotatable bonds is 1. The molecule has 4 rings (SSSR count). The summed E-state index contributed by atoms with van der Waals surface area (Å²) in [6.45, 7) is 4.57. The van der Waals surface area contributed by atoms with Crippen molar-refractivity contribution in [2.24, 2.45) is 23.2 Å². The molecule has 0 aliphatic heterocycles. The molecule has 3 aliphatic rings. The average Bonchev–Trinajstić information content (AvgIpc) is 2.78. The maximum Gasteiger partial charge on any atom is 0.115 e. The van der Waals surface area contributed by atoms with Gasteiger partial charge >= 0.3 is 0 Å². The number of aromatic hydroxyl groups is 1. The smallest absolute Gasteiger partial charge is 0.115 e. The van der Waals surface area contributed by atoms with Crippen molar-refractivity contribution in [1.29, 1.82) is 0 Å². The summed E-state index contributed by atoms with van der Waals surface area (Å²) in [7, 11) is 0. The van der Waals surface area contributed by atoms with E-state index in [0.717, 1.165) is 25.2 Å². The first-order valence-electron chi connectivity index (χ1n) is 9.04. The molecule has 0 saturated heterocycles. The molecule has 0 heterocycles. The molecule has 2 nitrogen and oxygen atoms in total. The minimum Gasteiger partial charge on any atom is -0.508 e. The number of hydrogen-bond donors (Lipinski definition) is 2. The summed E-state index contributed by atoms with van der Waals surface area (Å²) in [6.07, 6.45) is 6.87. The van der Waals surface area contributed by atoms with Gasteiger partial charge in [0.25, 0.3) is 0 Å². The zero-order chi connectivity index (χ0) is 15.5. The molecule has 1 aromatic rings. The number of hydrogen-bond acceptors (Lipinski definition) is 2. The second kappa shape index (κ2) is 4.99. The van der Waals surface area contributed by atoms with Crippen LogP contribution >= 0.6 is 0 Å². The number of fused-ring (bicyclic) bond motifs is 5. The third-order valence-corrected chi connectivity index (χ3v) is 7.35. The van der Waals surface area contributed by atoms with Crippen molar-refractivity contribution in [3.05, 3.63) is 29.3 Å². The lowest BCUT2D eigenvalue weighted by atomic mass is 9.55. The Morgan fingerprint density at radius 1 is 1.27 bits per heavy atom. The van der Waals surface area contributed by atoms with Gasteiger partial charge in [-0.1, -0.05) is 26.3 Å². The molecular formula is C20H28O2. The number of phenolic OH excluding ortho intramolecular Hbond substituents is 1. The summed E-state index contributed by atoms with van der Waals surface area (Å²) in [5.74, 6) is 2.94. The summed E-state index contributed by atoms with van der Waals surface area (Å²) < 4.78 is 0. The van der Waals surface area contributed by atoms with E-state index >= 15 is 0 Å². The van der Waals surface area contributed by atoms with Crippen LogP contribution in [-0.4, -0.2) is 16.3 Å². The predicted octanol–water partition coefficient (Wildman–Crippen LogP) is 4.25. The van der Waals surface area contributed by atoms with Gasteiger partial charge in [-0.3, -0.25) is 0 Å². The van der Waals surface area contributed by atoms with E-state index in [1.54, 1.807) is 0 Å². The van der Waals surface area contributed by atoms with Crippen molar-refractivity contribution >= 4 is 0 Å². The molecule has 6 atom stereocenters. The van der Waals surface area contributed by atoms with Crippen LogP contribution in [0, 0.1) is 23.2 Å². The van der Waals surface area contributed by atoms with Gasteiger partial charge in [0.05, 0.1) is 6.10 Å². The molecule has 2 heteroatoms. The molecule has 2 fully saturated rings. The zero-order valence-electron chi connectivity index (χ0n) is 13.8. The lowest BCUT2D eigenvalue weighted by Gasteiger charge is -2.50. The van der Waals surface area contributed by atoms with Gasteiger partial charge in [0.15, 0.2) is 0 Å². The fourth-order valence-corrected chi connectivity index (χ4v) is 6.11. The van der Waals surface area contributed by atoms with Gasteiger partial charge in [0, 0.05) is 0 Å². The van der Waals surface area contributed by atoms with Crippen molar-refractivity contribution in [2.45, 2.75) is 64.4 Å². The molecule has 0 bridgehead atoms. The van der Waals surface area contributed by atoms with Gasteiger partial charge in [0.1, 0.15) is 5.75 Å². The predicted molar refractivity (Wildman–Crippen MR) is 87.9 cm³/mol. The lowest BCUT2D eigenvalue weighted by Crippen LogP contribution is -2.44. The Morgan fingerprint density at radius 3 is 2.86 bits per heavy atom. The van der Waals surface area contributed by atoms with E-state index in [2.05, 4.69) is 19.9 Å². The summed E-state index contributed by atoms with van der Waals surface area (Å²) >= 11 is 0. The van der Waals surface area contributed by atoms with E-state index in [-0.39, 0.29) is 11.5 Å². The largest absolute Gasteiger partial charge is 0.508 e. The van der Waals surface area contributed by atoms with Gasteiger partial charge in [-0.2, -0.15) is 0 Å². The van der Waals surface area contributed by atoms with E-state index in [1.165, 1.54) is 30.4 Å². The highest BCUT2D eigenvalue weighted by Gasteiger charge is 2.57. The summed E-state index contributed by atoms with van der Waals surface area (Å²) in [4.78, 5) is 0. The van der Waals surface area contributed by atoms with E-state index in [0.29, 0.717) is 23.5 Å². The van der Waals surface area contributed by atoms with Crippen LogP contribution in [0.3, 0.4) is 0 Å². The van der Waals surface area contributed by atoms with Crippen LogP contribution in [0.5, 0.6) is 5.75 Å². The van der Waals surface area contributed by atoms with E-state index in [9.17, 15) is 10.2 Å². The SMILES string of the molecule is CC[C@H]1C[C@H]2[C@@H]3CCc4cc(O)ccc4[C@H]3CC[C@]2(C)[C@H]1O. The van der Waals surface area contributed by atoms with E-state index in [4.69, 9.17) is 0 Å². The molecule has 1 aromatic carbocycles. The topological polar surface area (TPSA) is 40.5 Å². The first-order valence-corrected chi connectivity index (χ1v) is 9.04. The molecule has 22 heavy (non-hydrogen) atoms. The Morgan fingerprint density at radius 2 is 2.09 bits per heavy atom. The molecule has 0 spiro atoms. The van der Waals surface area contributed by atoms with Crippen LogP contribution in [0.4, 0.5) is 0 Å². The Kier molecular flexibility index (Phi) is 3.30. The molecule has 0 unspecified atom stereocenters. The number of benzene rings is 1. The number of aryl methyl sites for hydroxylation is 1. The van der Waals surface area contributed by atoms with Crippen molar-refractivity contribution in [2.75, 3.05) is 0 Å². The summed E-state index contributed by atoms with van der Waals surface area (Å²) in [5, 5.41) is 20.6. The molecular weight excluding hydrogens is 272 g/mol. The zero-order valence-corrected chi connectivity index (χ0v) is 13.8. The quantitative estimate of drug-likeness (QED) is 0.814. The van der Waals surface area contributed by atoms with Crippen LogP contribution in [0.2, 0.25) is 0 Å². The Hall–Kier alpha value is -1.02. The second-order valence-electron chi connectivity index (χ2n) is 8.19. The minimum atomic E-state index is -0.107. The fraction of sp³-hybridized carbons (Fsp3) is 0.700. The van der Waals surface area contributed by atoms with Gasteiger partial charge in [-0.05, 0) is 84.5 Å². The van der Waals surface area contributed by atoms with Gasteiger partial charge in [-0.25, -0.2) is 0 Å². The highest BCUT2D eigenvalue weighted by molar-refractivity contribution is 5.40. The van der Waals surface area contributed by atoms with Crippen molar-refractivity contribution < 1.29 is 10.2 Å². The van der Waals surface area contributed by atoms with Gasteiger partial charge < -0.3 is 10.2 Å². The van der Waals surface area contributed by atoms with E-state index < -0.39 is 0 Å². The first kappa shape index (κ1) is 14.6. The normalized spacial score (nSPS) is 43.3. The highest BCUT2D eigenvalue weighted by Crippen LogP contribution is 2.62. The molecule has 120 valence electrons. The monoisotopic (exact) mass is 300 g/mol. The van der Waals surface area contributed by atoms with Crippen LogP contribution in [0.15, 0.2) is 18.2 Å². The first-order chi connectivity index (χ1) is 10.5. The molecule has 2 N–H and O–H groups in total. The number of aliphatic hydroxyl groups is 1. The standard InChI is InChI=1S/C20H28O2/c1-3-12-11-18-17-6-4-13-10-14(21)5-7-15(13)16(17)8-9-20(18,2)19(12)22/h5,7,10,12,16-19,21-22H,3-4,6,8-9,11H2,1-2H3/t12-,16+,17+,18-,19-,20-/m0/s1. The third kappa shape index (κ3) is 1.89. The molecule has 0 aromatic heterocycles. The number of aliphatic hydroxyl groups excluding tert-OH is 1. The van der Waals surface area contributed by atoms with E-state index in [1.807, 2.05) is 12.1 Å². The van der Waals surface area contributed by atoms with Crippen LogP contribution in [0.25, 0.3) is 0 Å². The van der Waals surface area contributed by atoms with Crippen LogP contribution in [0.1, 0.15) is 63.0 Å². The van der Waals surface area contributed by atoms with Crippen molar-refractivity contribution in [3.63, 3.8) is 0 Å².